The van der Waals surface area contributed by atoms with Crippen molar-refractivity contribution in [2.24, 2.45) is 0 Å². The summed E-state index contributed by atoms with van der Waals surface area (Å²) < 4.78 is 10.9. The fraction of sp³-hybridized carbons (Fsp3) is 0.429. The molecule has 2 N–H and O–H groups in total. The molecule has 0 aliphatic heterocycles. The quantitative estimate of drug-likeness (QED) is 0.0850. The fourth-order valence-electron chi connectivity index (χ4n) is 3.59. The molecule has 1 unspecified atom stereocenters. The molecule has 0 saturated carbocycles. The number of hydrogen-bond acceptors (Lipinski definition) is 5. The van der Waals surface area contributed by atoms with Gasteiger partial charge in [-0.05, 0) is 69.9 Å². The van der Waals surface area contributed by atoms with E-state index in [-0.39, 0.29) is 24.5 Å². The highest BCUT2D eigenvalue weighted by atomic mass is 16.6. The average molecular weight is 564 g/mol. The average Bonchev–Trinajstić information content (AvgIpc) is 2.98. The van der Waals surface area contributed by atoms with Gasteiger partial charge >= 0.3 is 5.97 Å². The molecule has 1 aromatic carbocycles. The molecule has 41 heavy (non-hydrogen) atoms. The van der Waals surface area contributed by atoms with Crippen molar-refractivity contribution in [1.29, 1.82) is 0 Å². The van der Waals surface area contributed by atoms with Gasteiger partial charge in [0.25, 0.3) is 5.91 Å². The third kappa shape index (κ3) is 19.1. The van der Waals surface area contributed by atoms with Crippen LogP contribution in [0.1, 0.15) is 82.0 Å². The number of phenols is 1. The summed E-state index contributed by atoms with van der Waals surface area (Å²) in [5.74, 6) is -0.944. The van der Waals surface area contributed by atoms with E-state index in [1.165, 1.54) is 12.1 Å². The summed E-state index contributed by atoms with van der Waals surface area (Å²) in [5.41, 5.74) is 0.181. The Morgan fingerprint density at radius 3 is 1.85 bits per heavy atom. The van der Waals surface area contributed by atoms with Gasteiger partial charge in [0.2, 0.25) is 0 Å². The van der Waals surface area contributed by atoms with Gasteiger partial charge in [0.05, 0.1) is 12.1 Å². The van der Waals surface area contributed by atoms with Crippen molar-refractivity contribution in [3.05, 3.63) is 103 Å². The van der Waals surface area contributed by atoms with E-state index in [9.17, 15) is 14.7 Å². The first kappa shape index (κ1) is 35.4. The van der Waals surface area contributed by atoms with Gasteiger partial charge < -0.3 is 19.9 Å². The Hall–Kier alpha value is -3.64. The van der Waals surface area contributed by atoms with Crippen LogP contribution < -0.4 is 5.32 Å². The monoisotopic (exact) mass is 563 g/mol. The van der Waals surface area contributed by atoms with Gasteiger partial charge in [-0.15, -0.1) is 0 Å². The van der Waals surface area contributed by atoms with Crippen LogP contribution in [-0.4, -0.2) is 42.8 Å². The Balaban J connectivity index is 2.05. The van der Waals surface area contributed by atoms with E-state index in [4.69, 9.17) is 9.47 Å². The van der Waals surface area contributed by atoms with Gasteiger partial charge in [-0.25, -0.2) is 4.79 Å². The Labute approximate surface area is 247 Å². The third-order valence-corrected chi connectivity index (χ3v) is 5.84. The summed E-state index contributed by atoms with van der Waals surface area (Å²) in [5, 5.41) is 12.3. The first-order valence-electron chi connectivity index (χ1n) is 14.8. The SMILES string of the molecule is CC/C=C\C/C=C\C/C=C\C/C=C\C/C=C\C/C=C\CCCOC(CC)C(=O)OCCNC(=O)c1ccccc1O. The molecule has 6 nitrogen and oxygen atoms in total. The normalized spacial score (nSPS) is 13.0. The zero-order chi connectivity index (χ0) is 29.8. The van der Waals surface area contributed by atoms with Gasteiger partial charge in [0, 0.05) is 6.61 Å². The number of ether oxygens (including phenoxy) is 2. The summed E-state index contributed by atoms with van der Waals surface area (Å²) in [4.78, 5) is 24.3. The molecule has 0 spiro atoms. The molecule has 224 valence electrons. The maximum Gasteiger partial charge on any atom is 0.335 e. The van der Waals surface area contributed by atoms with Gasteiger partial charge in [-0.2, -0.15) is 0 Å². The van der Waals surface area contributed by atoms with Crippen molar-refractivity contribution in [2.75, 3.05) is 19.8 Å². The molecular weight excluding hydrogens is 514 g/mol. The van der Waals surface area contributed by atoms with Crippen molar-refractivity contribution in [3.63, 3.8) is 0 Å². The molecule has 1 amide bonds. The van der Waals surface area contributed by atoms with Crippen LogP contribution in [0.15, 0.2) is 97.2 Å². The Bertz CT molecular complexity index is 1020. The molecule has 1 atom stereocenters. The van der Waals surface area contributed by atoms with E-state index in [2.05, 4.69) is 85.2 Å². The number of aromatic hydroxyl groups is 1. The highest BCUT2D eigenvalue weighted by Gasteiger charge is 2.18. The van der Waals surface area contributed by atoms with Crippen LogP contribution in [0.25, 0.3) is 0 Å². The number of phenolic OH excluding ortho intramolecular Hbond substituents is 1. The third-order valence-electron chi connectivity index (χ3n) is 5.84. The van der Waals surface area contributed by atoms with Crippen molar-refractivity contribution < 1.29 is 24.2 Å². The molecule has 0 aromatic heterocycles. The van der Waals surface area contributed by atoms with Crippen LogP contribution in [0.4, 0.5) is 0 Å². The lowest BCUT2D eigenvalue weighted by molar-refractivity contribution is -0.157. The zero-order valence-corrected chi connectivity index (χ0v) is 24.9. The molecule has 0 bridgehead atoms. The molecule has 6 heteroatoms. The number of esters is 1. The predicted molar refractivity (Wildman–Crippen MR) is 169 cm³/mol. The number of hydrogen-bond donors (Lipinski definition) is 2. The van der Waals surface area contributed by atoms with Gasteiger partial charge in [0.1, 0.15) is 12.4 Å². The first-order valence-corrected chi connectivity index (χ1v) is 14.8. The standard InChI is InChI=1S/C35H49NO5/c1-3-5-6-7-8-9-10-11-12-13-14-15-16-17-18-19-20-21-22-25-29-40-33(4-2)35(39)41-30-28-36-34(38)31-26-23-24-27-32(31)37/h5-6,8-9,11-12,14-15,17-18,20-21,23-24,26-27,33,37H,3-4,7,10,13,16,19,22,25,28-30H2,1-2H3,(H,36,38)/b6-5-,9-8-,12-11-,15-14-,18-17-,21-20-. The molecule has 0 heterocycles. The number of amides is 1. The molecule has 0 aliphatic carbocycles. The van der Waals surface area contributed by atoms with Crippen LogP contribution >= 0.6 is 0 Å². The van der Waals surface area contributed by atoms with Crippen LogP contribution in [0.3, 0.4) is 0 Å². The van der Waals surface area contributed by atoms with Crippen LogP contribution in [0.2, 0.25) is 0 Å². The van der Waals surface area contributed by atoms with Crippen LogP contribution in [0.5, 0.6) is 5.75 Å². The minimum absolute atomic E-state index is 0.0383. The number of para-hydroxylation sites is 1. The van der Waals surface area contributed by atoms with Crippen molar-refractivity contribution in [1.82, 2.24) is 5.32 Å². The van der Waals surface area contributed by atoms with Crippen molar-refractivity contribution >= 4 is 11.9 Å². The van der Waals surface area contributed by atoms with Gasteiger partial charge in [0.15, 0.2) is 6.10 Å². The molecular formula is C35H49NO5. The summed E-state index contributed by atoms with van der Waals surface area (Å²) in [6, 6.07) is 6.28. The second-order valence-corrected chi connectivity index (χ2v) is 9.27. The smallest absolute Gasteiger partial charge is 0.335 e. The Kier molecular flexibility index (Phi) is 21.9. The van der Waals surface area contributed by atoms with Crippen LogP contribution in [0, 0.1) is 0 Å². The number of allylic oxidation sites excluding steroid dienone is 12. The van der Waals surface area contributed by atoms with E-state index in [0.29, 0.717) is 13.0 Å². The van der Waals surface area contributed by atoms with E-state index in [1.54, 1.807) is 12.1 Å². The number of carbonyl (C=O) groups is 2. The van der Waals surface area contributed by atoms with E-state index in [1.807, 2.05) is 6.92 Å². The summed E-state index contributed by atoms with van der Waals surface area (Å²) >= 11 is 0. The lowest BCUT2D eigenvalue weighted by Gasteiger charge is -2.15. The predicted octanol–water partition coefficient (Wildman–Crippen LogP) is 7.94. The molecule has 1 rings (SSSR count). The second-order valence-electron chi connectivity index (χ2n) is 9.27. The highest BCUT2D eigenvalue weighted by molar-refractivity contribution is 5.96. The maximum atomic E-state index is 12.2. The number of rotatable bonds is 22. The number of unbranched alkanes of at least 4 members (excludes halogenated alkanes) is 1. The lowest BCUT2D eigenvalue weighted by atomic mass is 10.2. The summed E-state index contributed by atoms with van der Waals surface area (Å²) in [7, 11) is 0. The van der Waals surface area contributed by atoms with Crippen molar-refractivity contribution in [2.45, 2.75) is 77.7 Å². The number of nitrogens with one attached hydrogen (secondary N) is 1. The molecule has 0 fully saturated rings. The summed E-state index contributed by atoms with van der Waals surface area (Å²) in [6.45, 7) is 4.68. The van der Waals surface area contributed by atoms with E-state index < -0.39 is 18.0 Å². The topological polar surface area (TPSA) is 84.9 Å². The fourth-order valence-corrected chi connectivity index (χ4v) is 3.59. The van der Waals surface area contributed by atoms with Crippen molar-refractivity contribution in [3.8, 4) is 5.75 Å². The van der Waals surface area contributed by atoms with Gasteiger partial charge in [-0.3, -0.25) is 4.79 Å². The first-order chi connectivity index (χ1) is 20.1. The minimum atomic E-state index is -0.617. The zero-order valence-electron chi connectivity index (χ0n) is 24.9. The van der Waals surface area contributed by atoms with E-state index in [0.717, 1.165) is 51.4 Å². The van der Waals surface area contributed by atoms with Gasteiger partial charge in [-0.1, -0.05) is 98.9 Å². The second kappa shape index (κ2) is 25.3. The lowest BCUT2D eigenvalue weighted by Crippen LogP contribution is -2.31. The highest BCUT2D eigenvalue weighted by Crippen LogP contribution is 2.14. The molecule has 0 aliphatic rings. The molecule has 0 saturated heterocycles. The Morgan fingerprint density at radius 1 is 0.780 bits per heavy atom. The van der Waals surface area contributed by atoms with E-state index >= 15 is 0 Å². The molecule has 0 radical (unpaired) electrons. The van der Waals surface area contributed by atoms with Crippen LogP contribution in [-0.2, 0) is 14.3 Å². The summed E-state index contributed by atoms with van der Waals surface area (Å²) in [6.07, 6.45) is 33.7. The largest absolute Gasteiger partial charge is 0.507 e. The minimum Gasteiger partial charge on any atom is -0.507 e. The number of benzene rings is 1. The molecule has 1 aromatic rings. The number of carbonyl (C=O) groups excluding carboxylic acids is 2. The Morgan fingerprint density at radius 2 is 1.32 bits per heavy atom. The maximum absolute atomic E-state index is 12.2.